The largest absolute Gasteiger partial charge is 0.481 e. The number of hydrogen-bond donors (Lipinski definition) is 9. The second-order valence-corrected chi connectivity index (χ2v) is 15.1. The molecular formula is C27H33N9Na2O15P2. The first-order valence-electron chi connectivity index (χ1n) is 15.4. The van der Waals surface area contributed by atoms with Crippen LogP contribution in [0.5, 0.6) is 0 Å². The van der Waals surface area contributed by atoms with Gasteiger partial charge in [-0.3, -0.25) is 23.4 Å². The van der Waals surface area contributed by atoms with Crippen molar-refractivity contribution in [1.82, 2.24) is 39.0 Å². The summed E-state index contributed by atoms with van der Waals surface area (Å²) >= 11 is 0. The number of phosphoric ester groups is 2. The molecule has 24 nitrogen and oxygen atoms in total. The van der Waals surface area contributed by atoms with Crippen LogP contribution in [0.25, 0.3) is 33.7 Å². The maximum atomic E-state index is 12.5. The molecule has 28 heteroatoms. The van der Waals surface area contributed by atoms with Gasteiger partial charge in [0.15, 0.2) is 29.2 Å². The second kappa shape index (κ2) is 17.8. The van der Waals surface area contributed by atoms with Gasteiger partial charge in [-0.2, -0.15) is 9.29 Å². The number of aromatic amines is 1. The summed E-state index contributed by atoms with van der Waals surface area (Å²) in [6.07, 6.45) is -9.93. The van der Waals surface area contributed by atoms with Gasteiger partial charge in [0.05, 0.1) is 37.1 Å². The minimum atomic E-state index is -5.54. The van der Waals surface area contributed by atoms with E-state index in [1.165, 1.54) is 15.5 Å². The third-order valence-electron chi connectivity index (χ3n) is 8.40. The van der Waals surface area contributed by atoms with Crippen LogP contribution in [-0.2, 0) is 33.8 Å². The van der Waals surface area contributed by atoms with Crippen molar-refractivity contribution in [3.05, 3.63) is 56.8 Å². The van der Waals surface area contributed by atoms with E-state index < -0.39 is 89.5 Å². The molecule has 1 saturated heterocycles. The zero-order valence-electron chi connectivity index (χ0n) is 29.5. The number of nitrogens with one attached hydrogen (secondary N) is 1. The molecule has 0 bridgehead atoms. The number of hydrogen-bond acceptors (Lipinski definition) is 19. The first-order valence-corrected chi connectivity index (χ1v) is 18.4. The molecule has 2 radical (unpaired) electrons. The molecule has 6 rings (SSSR count). The van der Waals surface area contributed by atoms with Gasteiger partial charge in [0.2, 0.25) is 0 Å². The maximum absolute atomic E-state index is 12.5. The van der Waals surface area contributed by atoms with E-state index in [-0.39, 0.29) is 93.1 Å². The molecule has 0 aliphatic carbocycles. The van der Waals surface area contributed by atoms with E-state index in [0.29, 0.717) is 5.52 Å². The number of nitrogens with zero attached hydrogens (tertiary/aromatic N) is 7. The van der Waals surface area contributed by atoms with Gasteiger partial charge < -0.3 is 50.4 Å². The molecule has 5 heterocycles. The van der Waals surface area contributed by atoms with E-state index in [0.717, 1.165) is 17.5 Å². The van der Waals surface area contributed by atoms with Crippen molar-refractivity contribution in [1.29, 1.82) is 0 Å². The van der Waals surface area contributed by atoms with Crippen LogP contribution in [-0.4, -0.2) is 183 Å². The molecule has 3 aliphatic heterocycles. The van der Waals surface area contributed by atoms with Gasteiger partial charge in [0.25, 0.3) is 5.56 Å². The summed E-state index contributed by atoms with van der Waals surface area (Å²) in [5.41, 5.74) is 6.11. The molecule has 9 atom stereocenters. The number of aliphatic hydroxyl groups excluding tert-OH is 5. The van der Waals surface area contributed by atoms with E-state index in [2.05, 4.69) is 33.8 Å². The number of anilines is 1. The minimum absolute atomic E-state index is 0. The van der Waals surface area contributed by atoms with Crippen LogP contribution in [0.3, 0.4) is 0 Å². The zero-order valence-corrected chi connectivity index (χ0v) is 35.3. The van der Waals surface area contributed by atoms with Gasteiger partial charge in [0.1, 0.15) is 48.5 Å². The topological polar surface area (TPSA) is 363 Å². The number of benzene rings is 1. The Morgan fingerprint density at radius 3 is 2.35 bits per heavy atom. The van der Waals surface area contributed by atoms with Crippen LogP contribution in [0.1, 0.15) is 17.4 Å². The van der Waals surface area contributed by atoms with Crippen molar-refractivity contribution in [2.24, 2.45) is 0 Å². The van der Waals surface area contributed by atoms with E-state index >= 15 is 0 Å². The maximum Gasteiger partial charge on any atom is 0.481 e. The van der Waals surface area contributed by atoms with Crippen LogP contribution in [0.15, 0.2) is 34.4 Å². The summed E-state index contributed by atoms with van der Waals surface area (Å²) in [7, 11) is -11.0. The van der Waals surface area contributed by atoms with E-state index in [1.54, 1.807) is 26.0 Å². The molecule has 3 aliphatic rings. The van der Waals surface area contributed by atoms with Crippen molar-refractivity contribution in [3.8, 4) is 11.5 Å². The third-order valence-corrected chi connectivity index (χ3v) is 11.0. The van der Waals surface area contributed by atoms with Crippen LogP contribution in [0.4, 0.5) is 5.82 Å². The summed E-state index contributed by atoms with van der Waals surface area (Å²) < 4.78 is 46.6. The number of nitrogens with two attached hydrogens (primary N) is 1. The molecule has 2 aromatic heterocycles. The predicted molar refractivity (Wildman–Crippen MR) is 188 cm³/mol. The molecular weight excluding hydrogens is 798 g/mol. The SMILES string of the molecule is Cc1cc2nc3c(=O)[nH]c(=O)nc-3n(C[C@H](O)[C@H](O)[C@H](O)COP(=O)(O)OP(=O)(O)OC[C@H]3O[C@@H](n4cnc5c(N)ncnc54)[C@H](O)[C@@H]3O)c2cc1C.[Na].[Na]. The Morgan fingerprint density at radius 1 is 0.964 bits per heavy atom. The standard InChI is InChI=1S/C27H33N9O15P2.2Na/c1-10-3-12-13(4-11(10)2)35(24-18(32-12)25(42)34-27(43)33-24)5-14(37)19(39)15(38)6-48-52(44,45)51-53(46,47)49-7-16-20(40)21(41)26(50-16)36-9-31-17-22(28)29-8-30-23(17)36;;/h3-4,8-9,14-16,19-21,26,37-41H,5-7H2,1-2H3,(H,44,45)(H,46,47)(H2,28,29,30)(H,34,42,43);;/t14-,15+,16+,19-,20+,21+,26+;;/m0../s1. The molecule has 3 aromatic rings. The molecule has 2 unspecified atom stereocenters. The number of rotatable bonds is 13. The van der Waals surface area contributed by atoms with Gasteiger partial charge in [-0.15, -0.1) is 0 Å². The summed E-state index contributed by atoms with van der Waals surface area (Å²) in [5.74, 6) is -0.212. The van der Waals surface area contributed by atoms with E-state index in [1.807, 2.05) is 4.98 Å². The number of aliphatic hydroxyl groups is 5. The number of ether oxygens (including phenoxy) is 1. The van der Waals surface area contributed by atoms with Crippen molar-refractivity contribution in [2.75, 3.05) is 18.9 Å². The quantitative estimate of drug-likeness (QED) is 0.0321. The normalized spacial score (nSPS) is 22.4. The fourth-order valence-electron chi connectivity index (χ4n) is 5.55. The van der Waals surface area contributed by atoms with Gasteiger partial charge in [-0.25, -0.2) is 33.9 Å². The molecule has 0 spiro atoms. The first kappa shape index (κ1) is 45.6. The van der Waals surface area contributed by atoms with Gasteiger partial charge >= 0.3 is 21.3 Å². The third kappa shape index (κ3) is 9.78. The average Bonchev–Trinajstić information content (AvgIpc) is 3.63. The van der Waals surface area contributed by atoms with Gasteiger partial charge in [0, 0.05) is 59.1 Å². The molecule has 1 fully saturated rings. The second-order valence-electron chi connectivity index (χ2n) is 12.1. The first-order chi connectivity index (χ1) is 24.9. The summed E-state index contributed by atoms with van der Waals surface area (Å²) in [6, 6.07) is 3.29. The summed E-state index contributed by atoms with van der Waals surface area (Å²) in [6.45, 7) is 0.795. The average molecular weight is 832 g/mol. The Hall–Kier alpha value is -2.13. The van der Waals surface area contributed by atoms with Crippen LogP contribution in [0.2, 0.25) is 0 Å². The van der Waals surface area contributed by atoms with Crippen LogP contribution in [0, 0.1) is 13.8 Å². The van der Waals surface area contributed by atoms with Gasteiger partial charge in [-0.1, -0.05) is 0 Å². The molecule has 0 amide bonds. The molecule has 10 N–H and O–H groups in total. The molecule has 288 valence electrons. The smallest absolute Gasteiger partial charge is 0.388 e. The Labute approximate surface area is 352 Å². The fraction of sp³-hybridized carbons (Fsp3) is 0.444. The Bertz CT molecular complexity index is 2370. The minimum Gasteiger partial charge on any atom is -0.388 e. The Kier molecular flexibility index (Phi) is 14.7. The number of phosphoric acid groups is 2. The predicted octanol–water partition coefficient (Wildman–Crippen LogP) is -3.19. The molecule has 1 aromatic carbocycles. The number of imidazole rings is 1. The number of aryl methyl sites for hydroxylation is 2. The number of H-pyrrole nitrogens is 1. The van der Waals surface area contributed by atoms with Crippen LogP contribution < -0.4 is 17.0 Å². The Morgan fingerprint density at radius 2 is 1.64 bits per heavy atom. The summed E-state index contributed by atoms with van der Waals surface area (Å²) in [5, 5.41) is 53.0. The Balaban J connectivity index is 0.00000336. The molecule has 0 saturated carbocycles. The number of fused-ring (bicyclic) bond motifs is 3. The molecule has 55 heavy (non-hydrogen) atoms. The fourth-order valence-corrected chi connectivity index (χ4v) is 7.65. The van der Waals surface area contributed by atoms with Crippen molar-refractivity contribution >= 4 is 103 Å². The van der Waals surface area contributed by atoms with Crippen molar-refractivity contribution < 1.29 is 62.5 Å². The number of aromatic nitrogens is 8. The zero-order chi connectivity index (χ0) is 38.6. The van der Waals surface area contributed by atoms with Crippen molar-refractivity contribution in [3.63, 3.8) is 0 Å². The van der Waals surface area contributed by atoms with Crippen molar-refractivity contribution in [2.45, 2.75) is 63.2 Å². The van der Waals surface area contributed by atoms with E-state index in [4.69, 9.17) is 15.0 Å². The number of nitrogen functional groups attached to an aromatic ring is 1. The van der Waals surface area contributed by atoms with Crippen LogP contribution >= 0.6 is 15.6 Å². The monoisotopic (exact) mass is 831 g/mol. The van der Waals surface area contributed by atoms with Gasteiger partial charge in [-0.05, 0) is 37.1 Å². The van der Waals surface area contributed by atoms with E-state index in [9.17, 15) is 54.0 Å². The summed E-state index contributed by atoms with van der Waals surface area (Å²) in [4.78, 5) is 66.6.